The molecule has 0 amide bonds. The predicted octanol–water partition coefficient (Wildman–Crippen LogP) is 2.79. The van der Waals surface area contributed by atoms with Crippen molar-refractivity contribution in [3.8, 4) is 0 Å². The molecule has 2 N–H and O–H groups in total. The lowest BCUT2D eigenvalue weighted by atomic mass is 10.1. The summed E-state index contributed by atoms with van der Waals surface area (Å²) < 4.78 is 15.0. The van der Waals surface area contributed by atoms with Crippen LogP contribution in [0, 0.1) is 19.7 Å². The quantitative estimate of drug-likeness (QED) is 0.500. The lowest BCUT2D eigenvalue weighted by Gasteiger charge is -2.19. The molecule has 1 atom stereocenters. The molecule has 0 spiro atoms. The van der Waals surface area contributed by atoms with Crippen molar-refractivity contribution in [1.82, 2.24) is 25.3 Å². The summed E-state index contributed by atoms with van der Waals surface area (Å²) in [5, 5.41) is 11.3. The van der Waals surface area contributed by atoms with E-state index in [1.54, 1.807) is 0 Å². The van der Waals surface area contributed by atoms with E-state index in [0.717, 1.165) is 43.3 Å². The van der Waals surface area contributed by atoms with Crippen LogP contribution in [0.1, 0.15) is 36.4 Å². The van der Waals surface area contributed by atoms with E-state index in [1.165, 1.54) is 23.4 Å². The van der Waals surface area contributed by atoms with Crippen LogP contribution in [0.4, 0.5) is 4.39 Å². The van der Waals surface area contributed by atoms with Crippen LogP contribution in [0.5, 0.6) is 0 Å². The predicted molar refractivity (Wildman–Crippen MR) is 118 cm³/mol. The van der Waals surface area contributed by atoms with Crippen molar-refractivity contribution in [3.05, 3.63) is 52.6 Å². The van der Waals surface area contributed by atoms with E-state index < -0.39 is 0 Å². The molecule has 0 aliphatic heterocycles. The van der Waals surface area contributed by atoms with Gasteiger partial charge in [-0.15, -0.1) is 0 Å². The molecule has 0 aliphatic carbocycles. The largest absolute Gasteiger partial charge is 0.357 e. The third-order valence-electron chi connectivity index (χ3n) is 5.01. The molecule has 160 valence electrons. The van der Waals surface area contributed by atoms with Crippen LogP contribution in [-0.4, -0.2) is 53.4 Å². The number of guanidine groups is 1. The average Bonchev–Trinajstić information content (AvgIpc) is 2.90. The van der Waals surface area contributed by atoms with Crippen LogP contribution in [0.25, 0.3) is 0 Å². The van der Waals surface area contributed by atoms with E-state index in [1.807, 2.05) is 23.9 Å². The molecule has 0 fully saturated rings. The van der Waals surface area contributed by atoms with E-state index in [-0.39, 0.29) is 11.9 Å². The van der Waals surface area contributed by atoms with Crippen LogP contribution in [0.3, 0.4) is 0 Å². The van der Waals surface area contributed by atoms with Gasteiger partial charge in [-0.1, -0.05) is 12.1 Å². The zero-order valence-electron chi connectivity index (χ0n) is 18.6. The molecule has 1 aromatic heterocycles. The second kappa shape index (κ2) is 11.0. The minimum Gasteiger partial charge on any atom is -0.357 e. The summed E-state index contributed by atoms with van der Waals surface area (Å²) in [7, 11) is 4.04. The van der Waals surface area contributed by atoms with Gasteiger partial charge in [-0.25, -0.2) is 4.39 Å². The van der Waals surface area contributed by atoms with Crippen molar-refractivity contribution >= 4 is 5.96 Å². The number of nitrogens with zero attached hydrogens (tertiary/aromatic N) is 4. The van der Waals surface area contributed by atoms with Crippen molar-refractivity contribution in [1.29, 1.82) is 0 Å². The van der Waals surface area contributed by atoms with E-state index in [9.17, 15) is 4.39 Å². The second-order valence-electron chi connectivity index (χ2n) is 7.65. The Labute approximate surface area is 174 Å². The third-order valence-corrected chi connectivity index (χ3v) is 5.01. The van der Waals surface area contributed by atoms with Gasteiger partial charge in [-0.2, -0.15) is 5.10 Å². The highest BCUT2D eigenvalue weighted by Gasteiger charge is 2.14. The first-order valence-electron chi connectivity index (χ1n) is 10.3. The lowest BCUT2D eigenvalue weighted by molar-refractivity contribution is 0.336. The molecule has 2 rings (SSSR count). The monoisotopic (exact) mass is 402 g/mol. The normalized spacial score (nSPS) is 13.0. The Morgan fingerprint density at radius 3 is 2.55 bits per heavy atom. The van der Waals surface area contributed by atoms with Gasteiger partial charge in [-0.05, 0) is 64.4 Å². The Hall–Kier alpha value is -2.41. The first-order chi connectivity index (χ1) is 13.8. The standard InChI is InChI=1S/C22H35FN6/c1-7-24-22(26-16(2)14-21-17(3)27-29(6)18(21)4)25-12-13-28(5)15-19-8-10-20(23)11-9-19/h8-11,16H,7,12-15H2,1-6H3,(H2,24,25,26). The molecule has 0 aliphatic rings. The number of hydrogen-bond donors (Lipinski definition) is 2. The molecule has 1 aromatic carbocycles. The molecule has 0 saturated carbocycles. The number of aromatic nitrogens is 2. The number of aliphatic imine (C=N–C) groups is 1. The van der Waals surface area contributed by atoms with Gasteiger partial charge in [0.25, 0.3) is 0 Å². The van der Waals surface area contributed by atoms with Gasteiger partial charge < -0.3 is 15.5 Å². The molecule has 6 nitrogen and oxygen atoms in total. The molecule has 0 saturated heterocycles. The highest BCUT2D eigenvalue weighted by molar-refractivity contribution is 5.80. The van der Waals surface area contributed by atoms with Gasteiger partial charge >= 0.3 is 0 Å². The smallest absolute Gasteiger partial charge is 0.191 e. The first-order valence-corrected chi connectivity index (χ1v) is 10.3. The molecule has 2 aromatic rings. The summed E-state index contributed by atoms with van der Waals surface area (Å²) in [6, 6.07) is 6.89. The summed E-state index contributed by atoms with van der Waals surface area (Å²) in [5.74, 6) is 0.627. The molecule has 1 unspecified atom stereocenters. The van der Waals surface area contributed by atoms with Gasteiger partial charge in [0.2, 0.25) is 0 Å². The number of aryl methyl sites for hydroxylation is 2. The van der Waals surface area contributed by atoms with Gasteiger partial charge in [0, 0.05) is 38.4 Å². The first kappa shape index (κ1) is 22.9. The van der Waals surface area contributed by atoms with Crippen LogP contribution in [0.15, 0.2) is 29.3 Å². The lowest BCUT2D eigenvalue weighted by Crippen LogP contribution is -2.43. The second-order valence-corrected chi connectivity index (χ2v) is 7.65. The average molecular weight is 403 g/mol. The Morgan fingerprint density at radius 1 is 1.28 bits per heavy atom. The van der Waals surface area contributed by atoms with Crippen molar-refractivity contribution < 1.29 is 4.39 Å². The minimum absolute atomic E-state index is 0.201. The zero-order valence-corrected chi connectivity index (χ0v) is 18.6. The number of halogens is 1. The van der Waals surface area contributed by atoms with Crippen LogP contribution < -0.4 is 10.6 Å². The highest BCUT2D eigenvalue weighted by atomic mass is 19.1. The fourth-order valence-corrected chi connectivity index (χ4v) is 3.34. The third kappa shape index (κ3) is 7.16. The summed E-state index contributed by atoms with van der Waals surface area (Å²) in [4.78, 5) is 6.90. The number of likely N-dealkylation sites (N-methyl/N-ethyl adjacent to an activating group) is 1. The zero-order chi connectivity index (χ0) is 21.4. The molecule has 0 radical (unpaired) electrons. The van der Waals surface area contributed by atoms with Crippen molar-refractivity contribution in [2.45, 2.75) is 46.7 Å². The Morgan fingerprint density at radius 2 is 1.97 bits per heavy atom. The Balaban J connectivity index is 1.87. The fourth-order valence-electron chi connectivity index (χ4n) is 3.34. The van der Waals surface area contributed by atoms with Crippen molar-refractivity contribution in [2.75, 3.05) is 26.7 Å². The molecule has 7 heteroatoms. The maximum Gasteiger partial charge on any atom is 0.191 e. The number of hydrogen-bond acceptors (Lipinski definition) is 3. The van der Waals surface area contributed by atoms with E-state index in [4.69, 9.17) is 4.99 Å². The summed E-state index contributed by atoms with van der Waals surface area (Å²) in [5.41, 5.74) is 4.68. The maximum atomic E-state index is 13.0. The van der Waals surface area contributed by atoms with Crippen molar-refractivity contribution in [3.63, 3.8) is 0 Å². The maximum absolute atomic E-state index is 13.0. The molecule has 0 bridgehead atoms. The SMILES string of the molecule is CCNC(=NCCN(C)Cc1ccc(F)cc1)NC(C)Cc1c(C)nn(C)c1C. The topological polar surface area (TPSA) is 57.5 Å². The van der Waals surface area contributed by atoms with Crippen molar-refractivity contribution in [2.24, 2.45) is 12.0 Å². The van der Waals surface area contributed by atoms with E-state index in [2.05, 4.69) is 55.4 Å². The minimum atomic E-state index is -0.201. The summed E-state index contributed by atoms with van der Waals surface area (Å²) >= 11 is 0. The van der Waals surface area contributed by atoms with Gasteiger partial charge in [0.15, 0.2) is 5.96 Å². The highest BCUT2D eigenvalue weighted by Crippen LogP contribution is 2.14. The van der Waals surface area contributed by atoms with Gasteiger partial charge in [-0.3, -0.25) is 9.67 Å². The fraction of sp³-hybridized carbons (Fsp3) is 0.545. The number of rotatable bonds is 9. The Bertz CT molecular complexity index is 796. The molecular formula is C22H35FN6. The van der Waals surface area contributed by atoms with Gasteiger partial charge in [0.05, 0.1) is 12.2 Å². The van der Waals surface area contributed by atoms with E-state index >= 15 is 0 Å². The Kier molecular flexibility index (Phi) is 8.64. The van der Waals surface area contributed by atoms with Crippen LogP contribution >= 0.6 is 0 Å². The number of nitrogens with one attached hydrogen (secondary N) is 2. The van der Waals surface area contributed by atoms with E-state index in [0.29, 0.717) is 6.54 Å². The van der Waals surface area contributed by atoms with Gasteiger partial charge in [0.1, 0.15) is 5.82 Å². The van der Waals surface area contributed by atoms with Crippen LogP contribution in [0.2, 0.25) is 0 Å². The number of benzene rings is 1. The molecule has 29 heavy (non-hydrogen) atoms. The van der Waals surface area contributed by atoms with Crippen LogP contribution in [-0.2, 0) is 20.0 Å². The molecular weight excluding hydrogens is 367 g/mol. The summed E-state index contributed by atoms with van der Waals surface area (Å²) in [6.07, 6.45) is 0.903. The molecule has 1 heterocycles. The summed E-state index contributed by atoms with van der Waals surface area (Å²) in [6.45, 7) is 11.5.